The molecule has 0 aliphatic heterocycles. The SMILES string of the molecule is Cc1ccc(CNC(=O)c2cnc(NCc3ccc(Cl)cc3)nc2NCC2CCCCC2)cc1. The first kappa shape index (κ1) is 24.0. The van der Waals surface area contributed by atoms with Crippen LogP contribution in [0.4, 0.5) is 11.8 Å². The van der Waals surface area contributed by atoms with Gasteiger partial charge in [0.25, 0.3) is 5.91 Å². The summed E-state index contributed by atoms with van der Waals surface area (Å²) in [6.45, 7) is 3.88. The van der Waals surface area contributed by atoms with E-state index in [1.807, 2.05) is 55.5 Å². The number of aryl methyl sites for hydroxylation is 1. The molecule has 3 N–H and O–H groups in total. The molecule has 34 heavy (non-hydrogen) atoms. The Bertz CT molecular complexity index is 1080. The van der Waals surface area contributed by atoms with Crippen molar-refractivity contribution in [3.8, 4) is 0 Å². The average Bonchev–Trinajstić information content (AvgIpc) is 2.87. The van der Waals surface area contributed by atoms with Gasteiger partial charge < -0.3 is 16.0 Å². The minimum absolute atomic E-state index is 0.184. The molecule has 1 amide bonds. The second-order valence-electron chi connectivity index (χ2n) is 8.99. The van der Waals surface area contributed by atoms with Gasteiger partial charge in [0.15, 0.2) is 0 Å². The summed E-state index contributed by atoms with van der Waals surface area (Å²) in [6, 6.07) is 15.8. The number of halogens is 1. The van der Waals surface area contributed by atoms with Gasteiger partial charge in [-0.2, -0.15) is 4.98 Å². The Morgan fingerprint density at radius 1 is 0.941 bits per heavy atom. The Morgan fingerprint density at radius 3 is 2.35 bits per heavy atom. The van der Waals surface area contributed by atoms with Crippen molar-refractivity contribution < 1.29 is 4.79 Å². The first-order valence-electron chi connectivity index (χ1n) is 12.0. The van der Waals surface area contributed by atoms with E-state index in [0.717, 1.165) is 17.7 Å². The molecule has 0 spiro atoms. The third kappa shape index (κ3) is 6.94. The number of rotatable bonds is 9. The maximum Gasteiger partial charge on any atom is 0.256 e. The van der Waals surface area contributed by atoms with Gasteiger partial charge in [-0.3, -0.25) is 4.79 Å². The van der Waals surface area contributed by atoms with E-state index in [1.165, 1.54) is 37.7 Å². The topological polar surface area (TPSA) is 78.9 Å². The van der Waals surface area contributed by atoms with E-state index in [1.54, 1.807) is 6.20 Å². The van der Waals surface area contributed by atoms with Crippen molar-refractivity contribution in [2.45, 2.75) is 52.1 Å². The standard InChI is InChI=1S/C27H32ClN5O/c1-19-7-9-21(10-8-19)16-30-26(34)24-18-32-27(31-17-22-11-13-23(28)14-12-22)33-25(24)29-15-20-5-3-2-4-6-20/h7-14,18,20H,2-6,15-17H2,1H3,(H,30,34)(H2,29,31,32,33). The largest absolute Gasteiger partial charge is 0.369 e. The van der Waals surface area contributed by atoms with Gasteiger partial charge in [-0.15, -0.1) is 0 Å². The molecular formula is C27H32ClN5O. The van der Waals surface area contributed by atoms with Crippen molar-refractivity contribution in [1.29, 1.82) is 0 Å². The normalized spacial score (nSPS) is 13.9. The van der Waals surface area contributed by atoms with Gasteiger partial charge in [-0.25, -0.2) is 4.98 Å². The Balaban J connectivity index is 1.45. The number of nitrogens with zero attached hydrogens (tertiary/aromatic N) is 2. The number of anilines is 2. The van der Waals surface area contributed by atoms with Crippen molar-refractivity contribution in [3.63, 3.8) is 0 Å². The number of hydrogen-bond donors (Lipinski definition) is 3. The monoisotopic (exact) mass is 477 g/mol. The van der Waals surface area contributed by atoms with Crippen LogP contribution in [0.15, 0.2) is 54.7 Å². The van der Waals surface area contributed by atoms with E-state index < -0.39 is 0 Å². The van der Waals surface area contributed by atoms with Crippen LogP contribution in [0.5, 0.6) is 0 Å². The summed E-state index contributed by atoms with van der Waals surface area (Å²) in [6.07, 6.45) is 7.89. The Morgan fingerprint density at radius 2 is 1.62 bits per heavy atom. The van der Waals surface area contributed by atoms with Crippen LogP contribution >= 0.6 is 11.6 Å². The molecule has 1 aliphatic carbocycles. The number of benzene rings is 2. The lowest BCUT2D eigenvalue weighted by molar-refractivity contribution is 0.0951. The lowest BCUT2D eigenvalue weighted by atomic mass is 9.89. The molecule has 0 saturated heterocycles. The van der Waals surface area contributed by atoms with Crippen LogP contribution in [-0.4, -0.2) is 22.4 Å². The van der Waals surface area contributed by atoms with Crippen molar-refractivity contribution in [3.05, 3.63) is 82.0 Å². The fourth-order valence-electron chi connectivity index (χ4n) is 4.17. The lowest BCUT2D eigenvalue weighted by Crippen LogP contribution is -2.26. The van der Waals surface area contributed by atoms with Gasteiger partial charge in [0.05, 0.1) is 0 Å². The summed E-state index contributed by atoms with van der Waals surface area (Å²) in [5.74, 6) is 1.48. The maximum absolute atomic E-state index is 13.0. The zero-order valence-corrected chi connectivity index (χ0v) is 20.4. The van der Waals surface area contributed by atoms with E-state index in [9.17, 15) is 4.79 Å². The molecule has 3 aromatic rings. The molecular weight excluding hydrogens is 446 g/mol. The smallest absolute Gasteiger partial charge is 0.256 e. The molecule has 0 bridgehead atoms. The molecule has 4 rings (SSSR count). The predicted molar refractivity (Wildman–Crippen MR) is 138 cm³/mol. The number of carbonyl (C=O) groups excluding carboxylic acids is 1. The third-order valence-electron chi connectivity index (χ3n) is 6.25. The molecule has 1 fully saturated rings. The van der Waals surface area contributed by atoms with Gasteiger partial charge in [0, 0.05) is 30.9 Å². The quantitative estimate of drug-likeness (QED) is 0.353. The minimum Gasteiger partial charge on any atom is -0.369 e. The molecule has 7 heteroatoms. The molecule has 0 radical (unpaired) electrons. The van der Waals surface area contributed by atoms with Crippen LogP contribution in [-0.2, 0) is 13.1 Å². The number of carbonyl (C=O) groups is 1. The highest BCUT2D eigenvalue weighted by Gasteiger charge is 2.18. The Labute approximate surface area is 206 Å². The van der Waals surface area contributed by atoms with Gasteiger partial charge >= 0.3 is 0 Å². The Hall–Kier alpha value is -3.12. The fraction of sp³-hybridized carbons (Fsp3) is 0.370. The molecule has 1 aliphatic rings. The zero-order valence-electron chi connectivity index (χ0n) is 19.6. The van der Waals surface area contributed by atoms with Crippen LogP contribution in [0.1, 0.15) is 59.2 Å². The molecule has 178 valence electrons. The number of aromatic nitrogens is 2. The molecule has 6 nitrogen and oxygen atoms in total. The highest BCUT2D eigenvalue weighted by Crippen LogP contribution is 2.24. The zero-order chi connectivity index (χ0) is 23.8. The van der Waals surface area contributed by atoms with E-state index in [-0.39, 0.29) is 5.91 Å². The second kappa shape index (κ2) is 11.8. The molecule has 1 saturated carbocycles. The third-order valence-corrected chi connectivity index (χ3v) is 6.51. The highest BCUT2D eigenvalue weighted by molar-refractivity contribution is 6.30. The van der Waals surface area contributed by atoms with Crippen molar-refractivity contribution in [2.75, 3.05) is 17.2 Å². The predicted octanol–water partition coefficient (Wildman–Crippen LogP) is 5.97. The maximum atomic E-state index is 13.0. The van der Waals surface area contributed by atoms with E-state index in [2.05, 4.69) is 25.9 Å². The van der Waals surface area contributed by atoms with Crippen LogP contribution < -0.4 is 16.0 Å². The first-order chi connectivity index (χ1) is 16.6. The summed E-state index contributed by atoms with van der Waals surface area (Å²) in [7, 11) is 0. The summed E-state index contributed by atoms with van der Waals surface area (Å²) < 4.78 is 0. The molecule has 0 atom stereocenters. The van der Waals surface area contributed by atoms with Crippen molar-refractivity contribution in [2.24, 2.45) is 5.92 Å². The first-order valence-corrected chi connectivity index (χ1v) is 12.4. The highest BCUT2D eigenvalue weighted by atomic mass is 35.5. The fourth-order valence-corrected chi connectivity index (χ4v) is 4.29. The molecule has 2 aromatic carbocycles. The van der Waals surface area contributed by atoms with E-state index >= 15 is 0 Å². The summed E-state index contributed by atoms with van der Waals surface area (Å²) >= 11 is 5.98. The number of hydrogen-bond acceptors (Lipinski definition) is 5. The summed E-state index contributed by atoms with van der Waals surface area (Å²) in [4.78, 5) is 22.1. The van der Waals surface area contributed by atoms with Gasteiger partial charge in [0.1, 0.15) is 11.4 Å². The van der Waals surface area contributed by atoms with E-state index in [0.29, 0.717) is 41.4 Å². The van der Waals surface area contributed by atoms with Crippen molar-refractivity contribution in [1.82, 2.24) is 15.3 Å². The Kier molecular flexibility index (Phi) is 8.36. The van der Waals surface area contributed by atoms with Crippen molar-refractivity contribution >= 4 is 29.3 Å². The second-order valence-corrected chi connectivity index (χ2v) is 9.43. The van der Waals surface area contributed by atoms with Crippen LogP contribution in [0, 0.1) is 12.8 Å². The van der Waals surface area contributed by atoms with E-state index in [4.69, 9.17) is 11.6 Å². The van der Waals surface area contributed by atoms with Gasteiger partial charge in [-0.05, 0) is 48.9 Å². The minimum atomic E-state index is -0.184. The number of nitrogens with one attached hydrogen (secondary N) is 3. The average molecular weight is 478 g/mol. The van der Waals surface area contributed by atoms with Crippen LogP contribution in [0.3, 0.4) is 0 Å². The molecule has 1 heterocycles. The summed E-state index contributed by atoms with van der Waals surface area (Å²) in [5, 5.41) is 10.4. The molecule has 1 aromatic heterocycles. The summed E-state index contributed by atoms with van der Waals surface area (Å²) in [5.41, 5.74) is 3.78. The number of amides is 1. The molecule has 0 unspecified atom stereocenters. The van der Waals surface area contributed by atoms with Crippen LogP contribution in [0.25, 0.3) is 0 Å². The lowest BCUT2D eigenvalue weighted by Gasteiger charge is -2.22. The van der Waals surface area contributed by atoms with Gasteiger partial charge in [0.2, 0.25) is 5.95 Å². The van der Waals surface area contributed by atoms with Gasteiger partial charge in [-0.1, -0.05) is 72.8 Å². The van der Waals surface area contributed by atoms with Crippen LogP contribution in [0.2, 0.25) is 5.02 Å².